The van der Waals surface area contributed by atoms with Gasteiger partial charge in [0.05, 0.1) is 11.5 Å². The Morgan fingerprint density at radius 1 is 1.25 bits per heavy atom. The molecular weight excluding hydrogens is 242 g/mol. The van der Waals surface area contributed by atoms with Crippen molar-refractivity contribution in [3.05, 3.63) is 35.9 Å². The summed E-state index contributed by atoms with van der Waals surface area (Å²) in [5.41, 5.74) is 11.6. The first kappa shape index (κ1) is 12.8. The van der Waals surface area contributed by atoms with Gasteiger partial charge in [0.25, 0.3) is 0 Å². The summed E-state index contributed by atoms with van der Waals surface area (Å²) < 4.78 is 0. The molecule has 0 saturated heterocycles. The third-order valence-electron chi connectivity index (χ3n) is 2.00. The van der Waals surface area contributed by atoms with Crippen molar-refractivity contribution in [2.75, 3.05) is 6.54 Å². The molecule has 1 rings (SSSR count). The molecule has 6 heteroatoms. The first-order chi connectivity index (χ1) is 7.52. The van der Waals surface area contributed by atoms with Crippen LogP contribution in [0.3, 0.4) is 0 Å². The zero-order valence-corrected chi connectivity index (χ0v) is 10.2. The lowest BCUT2D eigenvalue weighted by atomic mass is 10.2. The van der Waals surface area contributed by atoms with Crippen LogP contribution in [-0.2, 0) is 0 Å². The molecule has 0 aliphatic rings. The van der Waals surface area contributed by atoms with E-state index in [-0.39, 0.29) is 16.6 Å². The number of thiocarbonyl (C=S) groups is 2. The van der Waals surface area contributed by atoms with Gasteiger partial charge in [0.1, 0.15) is 0 Å². The van der Waals surface area contributed by atoms with Crippen LogP contribution in [0, 0.1) is 0 Å². The molecule has 1 aromatic rings. The monoisotopic (exact) mass is 255 g/mol. The lowest BCUT2D eigenvalue weighted by Gasteiger charge is -2.28. The van der Waals surface area contributed by atoms with Crippen molar-refractivity contribution in [3.63, 3.8) is 0 Å². The fourth-order valence-electron chi connectivity index (χ4n) is 1.26. The summed E-state index contributed by atoms with van der Waals surface area (Å²) >= 11 is 9.61. The summed E-state index contributed by atoms with van der Waals surface area (Å²) in [6.07, 6.45) is -0.930. The van der Waals surface area contributed by atoms with Gasteiger partial charge < -0.3 is 21.5 Å². The molecule has 0 aromatic heterocycles. The molecule has 0 amide bonds. The van der Waals surface area contributed by atoms with E-state index in [4.69, 9.17) is 35.9 Å². The van der Waals surface area contributed by atoms with Gasteiger partial charge in [0, 0.05) is 5.56 Å². The molecule has 86 valence electrons. The lowest BCUT2D eigenvalue weighted by Crippen LogP contribution is -2.43. The maximum atomic E-state index is 10.0. The Balaban J connectivity index is 2.87. The molecule has 1 atom stereocenters. The van der Waals surface area contributed by atoms with E-state index in [9.17, 15) is 5.11 Å². The average molecular weight is 255 g/mol. The first-order valence-corrected chi connectivity index (χ1v) is 5.41. The molecule has 0 bridgehead atoms. The summed E-state index contributed by atoms with van der Waals surface area (Å²) in [6, 6.07) is 9.04. The van der Waals surface area contributed by atoms with Crippen molar-refractivity contribution in [2.24, 2.45) is 11.5 Å². The maximum Gasteiger partial charge on any atom is 0.168 e. The van der Waals surface area contributed by atoms with E-state index in [1.54, 1.807) is 12.1 Å². The molecule has 0 saturated carbocycles. The van der Waals surface area contributed by atoms with Gasteiger partial charge >= 0.3 is 0 Å². The maximum absolute atomic E-state index is 10.0. The van der Waals surface area contributed by atoms with Gasteiger partial charge in [0.2, 0.25) is 0 Å². The number of hydrogen-bond donors (Lipinski definition) is 3. The van der Waals surface area contributed by atoms with Gasteiger partial charge in [-0.15, -0.1) is 0 Å². The minimum atomic E-state index is -0.930. The Bertz CT molecular complexity index is 383. The van der Waals surface area contributed by atoms with Gasteiger partial charge in [-0.05, 0) is 12.2 Å². The third-order valence-corrected chi connectivity index (χ3v) is 2.37. The Hall–Kier alpha value is -1.24. The quantitative estimate of drug-likeness (QED) is 0.537. The predicted octanol–water partition coefficient (Wildman–Crippen LogP) is 0.509. The number of hydrogen-bond acceptors (Lipinski definition) is 3. The molecule has 1 aromatic carbocycles. The van der Waals surface area contributed by atoms with Crippen LogP contribution in [0.1, 0.15) is 11.8 Å². The first-order valence-electron chi connectivity index (χ1n) is 4.59. The highest BCUT2D eigenvalue weighted by molar-refractivity contribution is 7.80. The van der Waals surface area contributed by atoms with Crippen molar-refractivity contribution < 1.29 is 5.11 Å². The van der Waals surface area contributed by atoms with E-state index in [2.05, 4.69) is 0 Å². The summed E-state index contributed by atoms with van der Waals surface area (Å²) in [5, 5.41) is 10.1. The molecule has 4 nitrogen and oxygen atoms in total. The Labute approximate surface area is 105 Å². The molecule has 0 fully saturated rings. The SMILES string of the molecule is NC(=S)CN(C(N)=S)C(O)c1ccccc1. The lowest BCUT2D eigenvalue weighted by molar-refractivity contribution is 0.0634. The summed E-state index contributed by atoms with van der Waals surface area (Å²) in [6.45, 7) is 0.153. The van der Waals surface area contributed by atoms with Crippen molar-refractivity contribution in [2.45, 2.75) is 6.23 Å². The van der Waals surface area contributed by atoms with Crippen LogP contribution in [0.15, 0.2) is 30.3 Å². The summed E-state index contributed by atoms with van der Waals surface area (Å²) in [7, 11) is 0. The van der Waals surface area contributed by atoms with E-state index in [0.29, 0.717) is 5.56 Å². The standard InChI is InChI=1S/C10H13N3OS2/c11-8(15)6-13(10(12)16)9(14)7-4-2-1-3-5-7/h1-5,9,14H,6H2,(H2,11,15)(H2,12,16). The van der Waals surface area contributed by atoms with Gasteiger partial charge in [-0.25, -0.2) is 0 Å². The summed E-state index contributed by atoms with van der Waals surface area (Å²) in [4.78, 5) is 1.59. The Morgan fingerprint density at radius 2 is 1.81 bits per heavy atom. The van der Waals surface area contributed by atoms with Gasteiger partial charge in [0.15, 0.2) is 11.3 Å². The van der Waals surface area contributed by atoms with Crippen molar-refractivity contribution >= 4 is 34.5 Å². The normalized spacial score (nSPS) is 11.8. The highest BCUT2D eigenvalue weighted by Gasteiger charge is 2.18. The zero-order valence-electron chi connectivity index (χ0n) is 8.54. The van der Waals surface area contributed by atoms with Crippen LogP contribution in [-0.4, -0.2) is 26.7 Å². The molecule has 0 aliphatic heterocycles. The molecule has 5 N–H and O–H groups in total. The molecule has 0 heterocycles. The smallest absolute Gasteiger partial charge is 0.168 e. The van der Waals surface area contributed by atoms with Crippen LogP contribution in [0.5, 0.6) is 0 Å². The van der Waals surface area contributed by atoms with E-state index in [1.807, 2.05) is 18.2 Å². The molecule has 0 radical (unpaired) electrons. The van der Waals surface area contributed by atoms with Crippen LogP contribution in [0.4, 0.5) is 0 Å². The van der Waals surface area contributed by atoms with Crippen molar-refractivity contribution in [1.82, 2.24) is 4.90 Å². The van der Waals surface area contributed by atoms with E-state index >= 15 is 0 Å². The van der Waals surface area contributed by atoms with E-state index in [1.165, 1.54) is 4.90 Å². The topological polar surface area (TPSA) is 75.5 Å². The second-order valence-corrected chi connectivity index (χ2v) is 4.16. The molecule has 1 unspecified atom stereocenters. The second-order valence-electron chi connectivity index (χ2n) is 3.22. The van der Waals surface area contributed by atoms with E-state index in [0.717, 1.165) is 0 Å². The fourth-order valence-corrected chi connectivity index (χ4v) is 1.56. The van der Waals surface area contributed by atoms with Crippen molar-refractivity contribution in [3.8, 4) is 0 Å². The fraction of sp³-hybridized carbons (Fsp3) is 0.200. The largest absolute Gasteiger partial charge is 0.392 e. The number of nitrogens with zero attached hydrogens (tertiary/aromatic N) is 1. The number of benzene rings is 1. The van der Waals surface area contributed by atoms with Gasteiger partial charge in [-0.3, -0.25) is 0 Å². The van der Waals surface area contributed by atoms with Gasteiger partial charge in [-0.2, -0.15) is 0 Å². The Kier molecular flexibility index (Phi) is 4.60. The van der Waals surface area contributed by atoms with Crippen LogP contribution >= 0.6 is 24.4 Å². The Morgan fingerprint density at radius 3 is 2.25 bits per heavy atom. The highest BCUT2D eigenvalue weighted by atomic mass is 32.1. The van der Waals surface area contributed by atoms with Crippen LogP contribution in [0.25, 0.3) is 0 Å². The second kappa shape index (κ2) is 5.74. The average Bonchev–Trinajstić information content (AvgIpc) is 2.25. The van der Waals surface area contributed by atoms with Crippen LogP contribution < -0.4 is 11.5 Å². The highest BCUT2D eigenvalue weighted by Crippen LogP contribution is 2.16. The molecular formula is C10H13N3OS2. The zero-order chi connectivity index (χ0) is 12.1. The van der Waals surface area contributed by atoms with Crippen molar-refractivity contribution in [1.29, 1.82) is 0 Å². The minimum absolute atomic E-state index is 0.0594. The number of aliphatic hydroxyl groups excluding tert-OH is 1. The van der Waals surface area contributed by atoms with E-state index < -0.39 is 6.23 Å². The number of rotatable bonds is 4. The molecule has 16 heavy (non-hydrogen) atoms. The number of nitrogens with two attached hydrogens (primary N) is 2. The summed E-state index contributed by atoms with van der Waals surface area (Å²) in [5.74, 6) is 0. The molecule has 0 aliphatic carbocycles. The van der Waals surface area contributed by atoms with Gasteiger partial charge in [-0.1, -0.05) is 42.5 Å². The predicted molar refractivity (Wildman–Crippen MR) is 71.7 cm³/mol. The minimum Gasteiger partial charge on any atom is -0.392 e. The third kappa shape index (κ3) is 3.41. The number of aliphatic hydroxyl groups is 1. The van der Waals surface area contributed by atoms with Crippen LogP contribution in [0.2, 0.25) is 0 Å². The molecule has 0 spiro atoms.